The number of aliphatic imine (C=N–C) groups is 1. The van der Waals surface area contributed by atoms with Crippen molar-refractivity contribution in [1.29, 1.82) is 0 Å². The predicted octanol–water partition coefficient (Wildman–Crippen LogP) is 2.79. The fourth-order valence-electron chi connectivity index (χ4n) is 4.58. The summed E-state index contributed by atoms with van der Waals surface area (Å²) < 4.78 is 27.7. The van der Waals surface area contributed by atoms with Crippen LogP contribution in [0, 0.1) is 0 Å². The first kappa shape index (κ1) is 20.1. The average molecular weight is 425 g/mol. The number of benzene rings is 1. The summed E-state index contributed by atoms with van der Waals surface area (Å²) in [5.41, 5.74) is -0.237. The number of nitrogens with zero attached hydrogens (tertiary/aromatic N) is 2. The third-order valence-electron chi connectivity index (χ3n) is 6.23. The molecule has 8 heteroatoms. The van der Waals surface area contributed by atoms with Gasteiger partial charge < -0.3 is 10.6 Å². The van der Waals surface area contributed by atoms with Gasteiger partial charge in [0.2, 0.25) is 10.0 Å². The Morgan fingerprint density at radius 3 is 2.64 bits per heavy atom. The minimum Gasteiger partial charge on any atom is -0.370 e. The molecule has 2 aliphatic heterocycles. The average Bonchev–Trinajstić information content (AvgIpc) is 3.13. The van der Waals surface area contributed by atoms with Crippen LogP contribution in [-0.2, 0) is 10.0 Å². The van der Waals surface area contributed by atoms with E-state index in [1.54, 1.807) is 22.5 Å². The molecule has 0 amide bonds. The SMILES string of the molecule is O=S(=O)(c1cccc(Cl)c1)N1CCC2(CC1)NCCCN=C2NC1CCCC1. The lowest BCUT2D eigenvalue weighted by Crippen LogP contribution is -2.63. The van der Waals surface area contributed by atoms with Crippen LogP contribution in [0.4, 0.5) is 0 Å². The Kier molecular flexibility index (Phi) is 5.97. The maximum absolute atomic E-state index is 13.0. The van der Waals surface area contributed by atoms with Crippen LogP contribution in [0.15, 0.2) is 34.2 Å². The lowest BCUT2D eigenvalue weighted by Gasteiger charge is -2.43. The molecule has 3 aliphatic rings. The number of amidine groups is 1. The van der Waals surface area contributed by atoms with Crippen molar-refractivity contribution in [3.05, 3.63) is 29.3 Å². The van der Waals surface area contributed by atoms with Gasteiger partial charge in [0.25, 0.3) is 0 Å². The monoisotopic (exact) mass is 424 g/mol. The van der Waals surface area contributed by atoms with E-state index in [2.05, 4.69) is 10.6 Å². The number of piperidine rings is 1. The highest BCUT2D eigenvalue weighted by molar-refractivity contribution is 7.89. The molecule has 1 spiro atoms. The molecule has 0 aromatic heterocycles. The molecule has 0 bridgehead atoms. The molecule has 1 saturated heterocycles. The van der Waals surface area contributed by atoms with Gasteiger partial charge in [0.05, 0.1) is 10.4 Å². The van der Waals surface area contributed by atoms with Crippen LogP contribution in [0.3, 0.4) is 0 Å². The number of halogens is 1. The lowest BCUT2D eigenvalue weighted by molar-refractivity contribution is 0.247. The molecular formula is C20H29ClN4O2S. The van der Waals surface area contributed by atoms with Crippen molar-refractivity contribution in [3.63, 3.8) is 0 Å². The molecule has 1 aliphatic carbocycles. The van der Waals surface area contributed by atoms with Crippen LogP contribution >= 0.6 is 11.6 Å². The highest BCUT2D eigenvalue weighted by atomic mass is 35.5. The zero-order valence-corrected chi connectivity index (χ0v) is 17.7. The Hall–Kier alpha value is -1.15. The number of rotatable bonds is 3. The summed E-state index contributed by atoms with van der Waals surface area (Å²) in [7, 11) is -3.53. The number of hydrogen-bond donors (Lipinski definition) is 2. The summed E-state index contributed by atoms with van der Waals surface area (Å²) in [5, 5.41) is 7.86. The summed E-state index contributed by atoms with van der Waals surface area (Å²) in [4.78, 5) is 5.14. The highest BCUT2D eigenvalue weighted by Gasteiger charge is 2.43. The minimum absolute atomic E-state index is 0.237. The number of nitrogens with one attached hydrogen (secondary N) is 2. The van der Waals surface area contributed by atoms with E-state index in [4.69, 9.17) is 16.6 Å². The van der Waals surface area contributed by atoms with Crippen molar-refractivity contribution in [1.82, 2.24) is 14.9 Å². The van der Waals surface area contributed by atoms with Gasteiger partial charge in [-0.05, 0) is 56.8 Å². The second kappa shape index (κ2) is 8.30. The Bertz CT molecular complexity index is 828. The first-order chi connectivity index (χ1) is 13.5. The molecular weight excluding hydrogens is 396 g/mol. The van der Waals surface area contributed by atoms with E-state index in [9.17, 15) is 8.42 Å². The Balaban J connectivity index is 1.50. The third-order valence-corrected chi connectivity index (χ3v) is 8.36. The van der Waals surface area contributed by atoms with Crippen LogP contribution in [0.25, 0.3) is 0 Å². The van der Waals surface area contributed by atoms with Gasteiger partial charge in [-0.2, -0.15) is 4.31 Å². The maximum Gasteiger partial charge on any atom is 0.243 e. The molecule has 2 fully saturated rings. The minimum atomic E-state index is -3.53. The summed E-state index contributed by atoms with van der Waals surface area (Å²) in [6.45, 7) is 2.70. The molecule has 0 radical (unpaired) electrons. The van der Waals surface area contributed by atoms with E-state index in [1.807, 2.05) is 0 Å². The molecule has 2 N–H and O–H groups in total. The summed E-state index contributed by atoms with van der Waals surface area (Å²) in [5.74, 6) is 1.05. The largest absolute Gasteiger partial charge is 0.370 e. The Labute approximate surface area is 172 Å². The molecule has 28 heavy (non-hydrogen) atoms. The van der Waals surface area contributed by atoms with E-state index in [0.29, 0.717) is 24.2 Å². The molecule has 2 heterocycles. The van der Waals surface area contributed by atoms with Gasteiger partial charge >= 0.3 is 0 Å². The second-order valence-electron chi connectivity index (χ2n) is 8.08. The normalized spacial score (nSPS) is 24.1. The molecule has 6 nitrogen and oxygen atoms in total. The first-order valence-corrected chi connectivity index (χ1v) is 12.1. The van der Waals surface area contributed by atoms with Gasteiger partial charge in [-0.25, -0.2) is 8.42 Å². The van der Waals surface area contributed by atoms with Crippen LogP contribution in [0.5, 0.6) is 0 Å². The molecule has 0 atom stereocenters. The molecule has 1 aromatic rings. The summed E-state index contributed by atoms with van der Waals surface area (Å²) in [6, 6.07) is 7.02. The third kappa shape index (κ3) is 4.08. The molecule has 1 aromatic carbocycles. The van der Waals surface area contributed by atoms with Crippen molar-refractivity contribution in [2.75, 3.05) is 26.2 Å². The molecule has 154 valence electrons. The van der Waals surface area contributed by atoms with Gasteiger partial charge in [0.15, 0.2) is 0 Å². The van der Waals surface area contributed by atoms with E-state index in [0.717, 1.165) is 38.2 Å². The van der Waals surface area contributed by atoms with E-state index in [-0.39, 0.29) is 10.4 Å². The van der Waals surface area contributed by atoms with Crippen LogP contribution < -0.4 is 10.6 Å². The van der Waals surface area contributed by atoms with E-state index >= 15 is 0 Å². The highest BCUT2D eigenvalue weighted by Crippen LogP contribution is 2.30. The van der Waals surface area contributed by atoms with Gasteiger partial charge in [-0.1, -0.05) is 30.5 Å². The standard InChI is InChI=1S/C20H29ClN4O2S/c21-16-5-3-8-18(15-16)28(26,27)25-13-9-20(10-14-25)19(22-11-4-12-23-20)24-17-6-1-2-7-17/h3,5,8,15,17,23H,1-2,4,6-7,9-14H2,(H,22,24). The molecule has 4 rings (SSSR count). The Morgan fingerprint density at radius 2 is 1.93 bits per heavy atom. The Morgan fingerprint density at radius 1 is 1.18 bits per heavy atom. The zero-order chi connectivity index (χ0) is 19.6. The fraction of sp³-hybridized carbons (Fsp3) is 0.650. The topological polar surface area (TPSA) is 73.8 Å². The van der Waals surface area contributed by atoms with Crippen molar-refractivity contribution in [3.8, 4) is 0 Å². The van der Waals surface area contributed by atoms with Crippen LogP contribution in [0.1, 0.15) is 44.9 Å². The molecule has 1 saturated carbocycles. The smallest absolute Gasteiger partial charge is 0.243 e. The summed E-state index contributed by atoms with van der Waals surface area (Å²) in [6.07, 6.45) is 7.42. The van der Waals surface area contributed by atoms with Crippen LogP contribution in [-0.4, -0.2) is 56.3 Å². The quantitative estimate of drug-likeness (QED) is 0.782. The molecule has 0 unspecified atom stereocenters. The second-order valence-corrected chi connectivity index (χ2v) is 10.5. The van der Waals surface area contributed by atoms with Crippen molar-refractivity contribution in [2.24, 2.45) is 4.99 Å². The van der Waals surface area contributed by atoms with Crippen molar-refractivity contribution in [2.45, 2.75) is 61.4 Å². The van der Waals surface area contributed by atoms with Gasteiger partial charge in [0, 0.05) is 30.7 Å². The number of hydrogen-bond acceptors (Lipinski definition) is 5. The zero-order valence-electron chi connectivity index (χ0n) is 16.2. The van der Waals surface area contributed by atoms with E-state index < -0.39 is 10.0 Å². The lowest BCUT2D eigenvalue weighted by atomic mass is 9.86. The van der Waals surface area contributed by atoms with Crippen LogP contribution in [0.2, 0.25) is 5.02 Å². The summed E-state index contributed by atoms with van der Waals surface area (Å²) >= 11 is 6.01. The maximum atomic E-state index is 13.0. The van der Waals surface area contributed by atoms with E-state index in [1.165, 1.54) is 31.7 Å². The van der Waals surface area contributed by atoms with Crippen molar-refractivity contribution < 1.29 is 8.42 Å². The number of sulfonamides is 1. The fourth-order valence-corrected chi connectivity index (χ4v) is 6.32. The van der Waals surface area contributed by atoms with Gasteiger partial charge in [-0.15, -0.1) is 0 Å². The van der Waals surface area contributed by atoms with Gasteiger partial charge in [-0.3, -0.25) is 4.99 Å². The van der Waals surface area contributed by atoms with Gasteiger partial charge in [0.1, 0.15) is 5.84 Å². The van der Waals surface area contributed by atoms with Crippen molar-refractivity contribution >= 4 is 27.5 Å². The predicted molar refractivity (Wildman–Crippen MR) is 112 cm³/mol. The first-order valence-electron chi connectivity index (χ1n) is 10.3.